The molecule has 0 bridgehead atoms. The molecule has 2 aliphatic rings. The van der Waals surface area contributed by atoms with Crippen molar-refractivity contribution in [3.8, 4) is 0 Å². The number of hydrogen-bond donors (Lipinski definition) is 1. The molecule has 1 aromatic rings. The molecule has 6 nitrogen and oxygen atoms in total. The van der Waals surface area contributed by atoms with Gasteiger partial charge in [0, 0.05) is 31.5 Å². The predicted octanol–water partition coefficient (Wildman–Crippen LogP) is 3.46. The number of amides is 1. The maximum Gasteiger partial charge on any atom is 0.413 e. The molecule has 2 atom stereocenters. The minimum absolute atomic E-state index is 0.272. The molecule has 2 heterocycles. The monoisotopic (exact) mass is 309 g/mol. The van der Waals surface area contributed by atoms with Gasteiger partial charge in [0.25, 0.3) is 0 Å². The third kappa shape index (κ3) is 5.33. The van der Waals surface area contributed by atoms with Crippen LogP contribution < -0.4 is 5.32 Å². The summed E-state index contributed by atoms with van der Waals surface area (Å²) in [6, 6.07) is 2.01. The summed E-state index contributed by atoms with van der Waals surface area (Å²) < 4.78 is 12.0. The van der Waals surface area contributed by atoms with Crippen molar-refractivity contribution in [2.24, 2.45) is 11.8 Å². The first-order valence-corrected chi connectivity index (χ1v) is 7.87. The molecule has 1 aliphatic heterocycles. The Bertz CT molecular complexity index is 497. The summed E-state index contributed by atoms with van der Waals surface area (Å²) in [7, 11) is 0. The normalized spacial score (nSPS) is 22.6. The van der Waals surface area contributed by atoms with Crippen molar-refractivity contribution in [1.29, 1.82) is 0 Å². The average molecular weight is 309 g/mol. The summed E-state index contributed by atoms with van der Waals surface area (Å²) in [6.45, 7) is 11.6. The highest BCUT2D eigenvalue weighted by atomic mass is 16.6. The lowest BCUT2D eigenvalue weighted by atomic mass is 10.2. The topological polar surface area (TPSA) is 65.4 Å². The number of nitrogens with zero attached hydrogens (tertiary/aromatic N) is 2. The van der Waals surface area contributed by atoms with E-state index in [9.17, 15) is 4.79 Å². The molecule has 0 radical (unpaired) electrons. The summed E-state index contributed by atoms with van der Waals surface area (Å²) in [6.07, 6.45) is 2.79. The lowest BCUT2D eigenvalue weighted by Crippen LogP contribution is -2.27. The van der Waals surface area contributed by atoms with Gasteiger partial charge >= 0.3 is 6.09 Å². The van der Waals surface area contributed by atoms with Crippen LogP contribution in [0, 0.1) is 11.8 Å². The molecule has 1 saturated heterocycles. The zero-order chi connectivity index (χ0) is 16.3. The second kappa shape index (κ2) is 6.69. The summed E-state index contributed by atoms with van der Waals surface area (Å²) in [4.78, 5) is 11.4. The minimum Gasteiger partial charge on any atom is -0.444 e. The van der Waals surface area contributed by atoms with Gasteiger partial charge in [0.15, 0.2) is 5.82 Å². The molecule has 0 aromatic carbocycles. The van der Waals surface area contributed by atoms with Gasteiger partial charge in [-0.05, 0) is 52.9 Å². The standard InChI is InChI=1S/C11H19N3O2.C5H8O/c1-8(2)14-7-6-9(13-14)12-10(15)16-11(3,4)5;1-4-2-6-3-5(1)4/h6-8H,1-5H3,(H,12,13,15);4-5H,1-3H2. The average Bonchev–Trinajstić information content (AvgIpc) is 2.81. The molecule has 1 N–H and O–H groups in total. The van der Waals surface area contributed by atoms with Crippen LogP contribution in [0.4, 0.5) is 10.6 Å². The van der Waals surface area contributed by atoms with Crippen LogP contribution in [0.3, 0.4) is 0 Å². The van der Waals surface area contributed by atoms with Gasteiger partial charge < -0.3 is 9.47 Å². The Hall–Kier alpha value is -1.56. The number of carbonyl (C=O) groups is 1. The van der Waals surface area contributed by atoms with Crippen molar-refractivity contribution >= 4 is 11.9 Å². The summed E-state index contributed by atoms with van der Waals surface area (Å²) in [5, 5.41) is 6.77. The van der Waals surface area contributed by atoms with Gasteiger partial charge in [-0.15, -0.1) is 0 Å². The van der Waals surface area contributed by atoms with Crippen molar-refractivity contribution in [2.45, 2.75) is 52.7 Å². The zero-order valence-electron chi connectivity index (χ0n) is 14.1. The Kier molecular flexibility index (Phi) is 5.11. The van der Waals surface area contributed by atoms with E-state index in [0.717, 1.165) is 25.0 Å². The number of fused-ring (bicyclic) bond motifs is 1. The Morgan fingerprint density at radius 3 is 2.41 bits per heavy atom. The van der Waals surface area contributed by atoms with Crippen LogP contribution >= 0.6 is 0 Å². The Balaban J connectivity index is 0.000000238. The van der Waals surface area contributed by atoms with E-state index in [-0.39, 0.29) is 6.04 Å². The molecule has 6 heteroatoms. The summed E-state index contributed by atoms with van der Waals surface area (Å²) >= 11 is 0. The SMILES string of the molecule is C1OCC2CC12.CC(C)n1ccc(NC(=O)OC(C)(C)C)n1. The quantitative estimate of drug-likeness (QED) is 0.908. The number of carbonyl (C=O) groups excluding carboxylic acids is 1. The Labute approximate surface area is 132 Å². The lowest BCUT2D eigenvalue weighted by molar-refractivity contribution is 0.0635. The van der Waals surface area contributed by atoms with Crippen LogP contribution in [0.15, 0.2) is 12.3 Å². The number of aromatic nitrogens is 2. The first-order valence-electron chi connectivity index (χ1n) is 7.87. The Morgan fingerprint density at radius 1 is 1.41 bits per heavy atom. The van der Waals surface area contributed by atoms with E-state index in [4.69, 9.17) is 9.47 Å². The number of nitrogens with one attached hydrogen (secondary N) is 1. The highest BCUT2D eigenvalue weighted by Gasteiger charge is 2.41. The van der Waals surface area contributed by atoms with Gasteiger partial charge in [-0.25, -0.2) is 4.79 Å². The molecule has 3 rings (SSSR count). The van der Waals surface area contributed by atoms with Crippen LogP contribution in [0.5, 0.6) is 0 Å². The van der Waals surface area contributed by atoms with E-state index in [1.54, 1.807) is 10.7 Å². The van der Waals surface area contributed by atoms with Crippen LogP contribution in [0.1, 0.15) is 47.1 Å². The first kappa shape index (κ1) is 16.8. The van der Waals surface area contributed by atoms with Crippen molar-refractivity contribution in [3.63, 3.8) is 0 Å². The fourth-order valence-corrected chi connectivity index (χ4v) is 2.19. The summed E-state index contributed by atoms with van der Waals surface area (Å²) in [5.41, 5.74) is -0.495. The molecule has 124 valence electrons. The highest BCUT2D eigenvalue weighted by Crippen LogP contribution is 2.43. The smallest absolute Gasteiger partial charge is 0.413 e. The highest BCUT2D eigenvalue weighted by molar-refractivity contribution is 5.83. The Morgan fingerprint density at radius 2 is 2.05 bits per heavy atom. The third-order valence-electron chi connectivity index (χ3n) is 3.50. The maximum atomic E-state index is 11.4. The van der Waals surface area contributed by atoms with Crippen LogP contribution in [-0.4, -0.2) is 34.7 Å². The second-order valence-electron chi connectivity index (χ2n) is 7.19. The fourth-order valence-electron chi connectivity index (χ4n) is 2.19. The number of anilines is 1. The second-order valence-corrected chi connectivity index (χ2v) is 7.19. The van der Waals surface area contributed by atoms with E-state index in [2.05, 4.69) is 10.4 Å². The van der Waals surface area contributed by atoms with E-state index >= 15 is 0 Å². The van der Waals surface area contributed by atoms with E-state index in [1.807, 2.05) is 40.8 Å². The van der Waals surface area contributed by atoms with Crippen molar-refractivity contribution in [1.82, 2.24) is 9.78 Å². The number of ether oxygens (including phenoxy) is 2. The molecule has 1 aromatic heterocycles. The molecular weight excluding hydrogens is 282 g/mol. The van der Waals surface area contributed by atoms with Crippen LogP contribution in [0.25, 0.3) is 0 Å². The van der Waals surface area contributed by atoms with Gasteiger partial charge in [-0.1, -0.05) is 0 Å². The molecule has 1 saturated carbocycles. The van der Waals surface area contributed by atoms with Crippen LogP contribution in [0.2, 0.25) is 0 Å². The third-order valence-corrected chi connectivity index (χ3v) is 3.50. The lowest BCUT2D eigenvalue weighted by Gasteiger charge is -2.19. The van der Waals surface area contributed by atoms with Crippen LogP contribution in [-0.2, 0) is 9.47 Å². The molecule has 2 fully saturated rings. The maximum absolute atomic E-state index is 11.4. The van der Waals surface area contributed by atoms with Crippen molar-refractivity contribution in [2.75, 3.05) is 18.5 Å². The number of hydrogen-bond acceptors (Lipinski definition) is 4. The van der Waals surface area contributed by atoms with Crippen molar-refractivity contribution in [3.05, 3.63) is 12.3 Å². The molecule has 1 aliphatic carbocycles. The molecule has 1 amide bonds. The summed E-state index contributed by atoms with van der Waals surface area (Å²) in [5.74, 6) is 2.48. The largest absolute Gasteiger partial charge is 0.444 e. The van der Waals surface area contributed by atoms with Gasteiger partial charge in [0.2, 0.25) is 0 Å². The van der Waals surface area contributed by atoms with Gasteiger partial charge in [-0.3, -0.25) is 10.00 Å². The molecule has 2 unspecified atom stereocenters. The van der Waals surface area contributed by atoms with Gasteiger partial charge in [-0.2, -0.15) is 5.10 Å². The van der Waals surface area contributed by atoms with E-state index in [1.165, 1.54) is 6.42 Å². The predicted molar refractivity (Wildman–Crippen MR) is 84.9 cm³/mol. The van der Waals surface area contributed by atoms with Gasteiger partial charge in [0.05, 0.1) is 0 Å². The van der Waals surface area contributed by atoms with Gasteiger partial charge in [0.1, 0.15) is 5.60 Å². The van der Waals surface area contributed by atoms with E-state index in [0.29, 0.717) is 5.82 Å². The van der Waals surface area contributed by atoms with E-state index < -0.39 is 11.7 Å². The minimum atomic E-state index is -0.495. The molecule has 0 spiro atoms. The first-order chi connectivity index (χ1) is 10.2. The molecule has 22 heavy (non-hydrogen) atoms. The number of rotatable bonds is 2. The van der Waals surface area contributed by atoms with Crippen molar-refractivity contribution < 1.29 is 14.3 Å². The fraction of sp³-hybridized carbons (Fsp3) is 0.750. The zero-order valence-corrected chi connectivity index (χ0v) is 14.1. The molecular formula is C16H27N3O3.